The molecule has 0 aliphatic heterocycles. The summed E-state index contributed by atoms with van der Waals surface area (Å²) in [6.45, 7) is 5.02. The van der Waals surface area contributed by atoms with E-state index in [0.29, 0.717) is 11.5 Å². The van der Waals surface area contributed by atoms with Gasteiger partial charge in [0, 0.05) is 18.3 Å². The van der Waals surface area contributed by atoms with Crippen molar-refractivity contribution in [2.75, 3.05) is 11.9 Å². The molecule has 0 radical (unpaired) electrons. The summed E-state index contributed by atoms with van der Waals surface area (Å²) < 4.78 is 0. The minimum atomic E-state index is 0.271. The lowest BCUT2D eigenvalue weighted by Crippen LogP contribution is -2.38. The van der Waals surface area contributed by atoms with Crippen LogP contribution in [0.3, 0.4) is 0 Å². The third-order valence-electron chi connectivity index (χ3n) is 4.40. The van der Waals surface area contributed by atoms with Crippen LogP contribution in [0.15, 0.2) is 24.3 Å². The van der Waals surface area contributed by atoms with Gasteiger partial charge in [-0.3, -0.25) is 0 Å². The SMILES string of the molecule is CC1(C)CCCCC1Nc1cccc(CCCO)c1. The summed E-state index contributed by atoms with van der Waals surface area (Å²) in [5, 5.41) is 12.6. The van der Waals surface area contributed by atoms with E-state index in [1.54, 1.807) is 0 Å². The molecule has 0 heterocycles. The van der Waals surface area contributed by atoms with Gasteiger partial charge in [-0.05, 0) is 48.8 Å². The molecule has 1 aliphatic rings. The Bertz CT molecular complexity index is 400. The molecule has 1 aromatic rings. The Hall–Kier alpha value is -1.02. The van der Waals surface area contributed by atoms with E-state index in [1.165, 1.54) is 36.9 Å². The van der Waals surface area contributed by atoms with Crippen LogP contribution in [0.5, 0.6) is 0 Å². The second-order valence-electron chi connectivity index (χ2n) is 6.46. The van der Waals surface area contributed by atoms with E-state index < -0.39 is 0 Å². The minimum absolute atomic E-state index is 0.271. The van der Waals surface area contributed by atoms with Crippen LogP contribution in [-0.2, 0) is 6.42 Å². The predicted molar refractivity (Wildman–Crippen MR) is 81.5 cm³/mol. The summed E-state index contributed by atoms with van der Waals surface area (Å²) in [7, 11) is 0. The summed E-state index contributed by atoms with van der Waals surface area (Å²) in [5.74, 6) is 0. The van der Waals surface area contributed by atoms with Crippen LogP contribution in [-0.4, -0.2) is 17.8 Å². The molecule has 2 nitrogen and oxygen atoms in total. The van der Waals surface area contributed by atoms with Crippen molar-refractivity contribution in [3.63, 3.8) is 0 Å². The Kier molecular flexibility index (Phi) is 4.87. The van der Waals surface area contributed by atoms with Gasteiger partial charge in [0.25, 0.3) is 0 Å². The van der Waals surface area contributed by atoms with Crippen LogP contribution < -0.4 is 5.32 Å². The van der Waals surface area contributed by atoms with E-state index >= 15 is 0 Å². The molecule has 1 aromatic carbocycles. The topological polar surface area (TPSA) is 32.3 Å². The molecule has 2 rings (SSSR count). The van der Waals surface area contributed by atoms with E-state index in [4.69, 9.17) is 5.11 Å². The highest BCUT2D eigenvalue weighted by Crippen LogP contribution is 2.37. The average molecular weight is 261 g/mol. The van der Waals surface area contributed by atoms with Crippen LogP contribution in [0.25, 0.3) is 0 Å². The van der Waals surface area contributed by atoms with E-state index in [1.807, 2.05) is 0 Å². The Labute approximate surface area is 117 Å². The number of aliphatic hydroxyl groups is 1. The molecule has 0 saturated heterocycles. The number of anilines is 1. The van der Waals surface area contributed by atoms with Crippen molar-refractivity contribution < 1.29 is 5.11 Å². The number of hydrogen-bond donors (Lipinski definition) is 2. The number of aryl methyl sites for hydroxylation is 1. The van der Waals surface area contributed by atoms with Gasteiger partial charge in [0.2, 0.25) is 0 Å². The Morgan fingerprint density at radius 1 is 1.32 bits per heavy atom. The Morgan fingerprint density at radius 2 is 2.16 bits per heavy atom. The van der Waals surface area contributed by atoms with Gasteiger partial charge in [-0.2, -0.15) is 0 Å². The molecule has 1 saturated carbocycles. The van der Waals surface area contributed by atoms with E-state index in [2.05, 4.69) is 43.4 Å². The maximum Gasteiger partial charge on any atom is 0.0434 e. The van der Waals surface area contributed by atoms with Gasteiger partial charge in [0.15, 0.2) is 0 Å². The molecule has 106 valence electrons. The zero-order valence-electron chi connectivity index (χ0n) is 12.3. The zero-order valence-corrected chi connectivity index (χ0v) is 12.3. The highest BCUT2D eigenvalue weighted by atomic mass is 16.2. The fourth-order valence-electron chi connectivity index (χ4n) is 3.06. The van der Waals surface area contributed by atoms with E-state index in [0.717, 1.165) is 12.8 Å². The molecule has 0 aromatic heterocycles. The summed E-state index contributed by atoms with van der Waals surface area (Å²) >= 11 is 0. The third kappa shape index (κ3) is 3.97. The lowest BCUT2D eigenvalue weighted by molar-refractivity contribution is 0.217. The molecule has 1 fully saturated rings. The smallest absolute Gasteiger partial charge is 0.0434 e. The van der Waals surface area contributed by atoms with Crippen LogP contribution in [0.1, 0.15) is 51.5 Å². The van der Waals surface area contributed by atoms with Gasteiger partial charge in [0.05, 0.1) is 0 Å². The van der Waals surface area contributed by atoms with Crippen molar-refractivity contribution in [1.29, 1.82) is 0 Å². The standard InChI is InChI=1S/C17H27NO/c1-17(2)11-4-3-10-16(17)18-15-9-5-7-14(13-15)8-6-12-19/h5,7,9,13,16,18-19H,3-4,6,8,10-12H2,1-2H3. The fourth-order valence-corrected chi connectivity index (χ4v) is 3.06. The summed E-state index contributed by atoms with van der Waals surface area (Å²) in [4.78, 5) is 0. The number of rotatable bonds is 5. The monoisotopic (exact) mass is 261 g/mol. The lowest BCUT2D eigenvalue weighted by Gasteiger charge is -2.39. The molecule has 2 N–H and O–H groups in total. The first-order valence-electron chi connectivity index (χ1n) is 7.58. The summed E-state index contributed by atoms with van der Waals surface area (Å²) in [5.41, 5.74) is 2.93. The minimum Gasteiger partial charge on any atom is -0.396 e. The first-order chi connectivity index (χ1) is 9.12. The lowest BCUT2D eigenvalue weighted by atomic mass is 9.73. The van der Waals surface area contributed by atoms with E-state index in [9.17, 15) is 0 Å². The Morgan fingerprint density at radius 3 is 2.89 bits per heavy atom. The molecule has 0 spiro atoms. The maximum atomic E-state index is 8.91. The molecule has 1 atom stereocenters. The zero-order chi connectivity index (χ0) is 13.7. The average Bonchev–Trinajstić information content (AvgIpc) is 2.39. The van der Waals surface area contributed by atoms with Crippen molar-refractivity contribution in [3.8, 4) is 0 Å². The van der Waals surface area contributed by atoms with Gasteiger partial charge >= 0.3 is 0 Å². The maximum absolute atomic E-state index is 8.91. The first kappa shape index (κ1) is 14.4. The van der Waals surface area contributed by atoms with Crippen molar-refractivity contribution in [2.45, 2.75) is 58.4 Å². The fraction of sp³-hybridized carbons (Fsp3) is 0.647. The normalized spacial score (nSPS) is 22.2. The van der Waals surface area contributed by atoms with Crippen LogP contribution in [0.2, 0.25) is 0 Å². The van der Waals surface area contributed by atoms with Crippen molar-refractivity contribution in [2.24, 2.45) is 5.41 Å². The molecule has 1 aliphatic carbocycles. The summed E-state index contributed by atoms with van der Waals surface area (Å²) in [6.07, 6.45) is 7.09. The van der Waals surface area contributed by atoms with Crippen LogP contribution >= 0.6 is 0 Å². The molecular formula is C17H27NO. The number of aliphatic hydroxyl groups excluding tert-OH is 1. The predicted octanol–water partition coefficient (Wildman–Crippen LogP) is 3.99. The van der Waals surface area contributed by atoms with Crippen molar-refractivity contribution >= 4 is 5.69 Å². The van der Waals surface area contributed by atoms with Crippen LogP contribution in [0, 0.1) is 5.41 Å². The highest BCUT2D eigenvalue weighted by Gasteiger charge is 2.31. The first-order valence-corrected chi connectivity index (χ1v) is 7.58. The summed E-state index contributed by atoms with van der Waals surface area (Å²) in [6, 6.07) is 9.24. The van der Waals surface area contributed by atoms with Gasteiger partial charge in [0.1, 0.15) is 0 Å². The molecule has 0 bridgehead atoms. The molecule has 2 heteroatoms. The molecule has 19 heavy (non-hydrogen) atoms. The number of hydrogen-bond acceptors (Lipinski definition) is 2. The largest absolute Gasteiger partial charge is 0.396 e. The molecular weight excluding hydrogens is 234 g/mol. The van der Waals surface area contributed by atoms with Crippen LogP contribution in [0.4, 0.5) is 5.69 Å². The molecule has 0 amide bonds. The second-order valence-corrected chi connectivity index (χ2v) is 6.46. The van der Waals surface area contributed by atoms with Gasteiger partial charge in [-0.25, -0.2) is 0 Å². The van der Waals surface area contributed by atoms with Gasteiger partial charge in [-0.1, -0.05) is 38.8 Å². The quantitative estimate of drug-likeness (QED) is 0.840. The van der Waals surface area contributed by atoms with Crippen molar-refractivity contribution in [3.05, 3.63) is 29.8 Å². The van der Waals surface area contributed by atoms with E-state index in [-0.39, 0.29) is 6.61 Å². The Balaban J connectivity index is 2.01. The van der Waals surface area contributed by atoms with Crippen molar-refractivity contribution in [1.82, 2.24) is 0 Å². The molecule has 1 unspecified atom stereocenters. The highest BCUT2D eigenvalue weighted by molar-refractivity contribution is 5.47. The number of benzene rings is 1. The number of nitrogens with one attached hydrogen (secondary N) is 1. The third-order valence-corrected chi connectivity index (χ3v) is 4.40. The van der Waals surface area contributed by atoms with Gasteiger partial charge < -0.3 is 10.4 Å². The second kappa shape index (κ2) is 6.42. The van der Waals surface area contributed by atoms with Gasteiger partial charge in [-0.15, -0.1) is 0 Å².